The van der Waals surface area contributed by atoms with Gasteiger partial charge in [0.05, 0.1) is 0 Å². The number of amides is 2. The second-order valence-electron chi connectivity index (χ2n) is 4.30. The third kappa shape index (κ3) is 6.96. The third-order valence-electron chi connectivity index (χ3n) is 2.38. The third-order valence-corrected chi connectivity index (χ3v) is 2.38. The summed E-state index contributed by atoms with van der Waals surface area (Å²) >= 11 is 0. The van der Waals surface area contributed by atoms with E-state index in [0.717, 1.165) is 6.42 Å². The first-order chi connectivity index (χ1) is 8.99. The molecule has 6 nitrogen and oxygen atoms in total. The van der Waals surface area contributed by atoms with Gasteiger partial charge in [0.1, 0.15) is 5.75 Å². The first-order valence-corrected chi connectivity index (χ1v) is 6.04. The summed E-state index contributed by atoms with van der Waals surface area (Å²) in [5, 5.41) is 2.77. The number of ether oxygens (including phenoxy) is 1. The van der Waals surface area contributed by atoms with Crippen molar-refractivity contribution < 1.29 is 14.3 Å². The molecular weight excluding hydrogens is 282 g/mol. The summed E-state index contributed by atoms with van der Waals surface area (Å²) in [5.41, 5.74) is 11.1. The molecule has 1 unspecified atom stereocenters. The number of carbonyl (C=O) groups excluding carboxylic acids is 2. The van der Waals surface area contributed by atoms with Crippen molar-refractivity contribution in [1.82, 2.24) is 5.32 Å². The minimum absolute atomic E-state index is 0. The lowest BCUT2D eigenvalue weighted by Gasteiger charge is -2.08. The van der Waals surface area contributed by atoms with Crippen LogP contribution in [0.4, 0.5) is 0 Å². The largest absolute Gasteiger partial charge is 0.484 e. The topological polar surface area (TPSA) is 107 Å². The first kappa shape index (κ1) is 18.2. The van der Waals surface area contributed by atoms with E-state index in [1.54, 1.807) is 24.3 Å². The quantitative estimate of drug-likeness (QED) is 0.679. The molecule has 0 aliphatic heterocycles. The molecule has 1 aromatic rings. The molecule has 0 spiro atoms. The molecule has 2 amide bonds. The number of hydrogen-bond donors (Lipinski definition) is 3. The van der Waals surface area contributed by atoms with Crippen LogP contribution in [0.25, 0.3) is 0 Å². The smallest absolute Gasteiger partial charge is 0.255 e. The van der Waals surface area contributed by atoms with Crippen LogP contribution in [0.5, 0.6) is 5.75 Å². The summed E-state index contributed by atoms with van der Waals surface area (Å²) in [5.74, 6) is -0.217. The van der Waals surface area contributed by atoms with Crippen molar-refractivity contribution in [2.24, 2.45) is 11.5 Å². The number of hydrogen-bond acceptors (Lipinski definition) is 4. The lowest BCUT2D eigenvalue weighted by atomic mass is 10.2. The molecule has 0 bridgehead atoms. The molecule has 0 radical (unpaired) electrons. The highest BCUT2D eigenvalue weighted by molar-refractivity contribution is 5.94. The number of nitrogens with two attached hydrogens (primary N) is 2. The minimum Gasteiger partial charge on any atom is -0.484 e. The van der Waals surface area contributed by atoms with Gasteiger partial charge in [-0.25, -0.2) is 0 Å². The molecule has 112 valence electrons. The van der Waals surface area contributed by atoms with E-state index in [9.17, 15) is 9.59 Å². The molecule has 0 heterocycles. The van der Waals surface area contributed by atoms with Crippen LogP contribution in [0.1, 0.15) is 23.7 Å². The van der Waals surface area contributed by atoms with Crippen molar-refractivity contribution in [3.63, 3.8) is 0 Å². The van der Waals surface area contributed by atoms with Gasteiger partial charge in [0.15, 0.2) is 6.61 Å². The standard InChI is InChI=1S/C13H19N3O3.ClH/c1-9(14)6-7-16-13(18)10-2-4-11(5-3-10)19-8-12(15)17;/h2-5,9H,6-8,14H2,1H3,(H2,15,17)(H,16,18);1H. The SMILES string of the molecule is CC(N)CCNC(=O)c1ccc(OCC(N)=O)cc1.Cl. The van der Waals surface area contributed by atoms with Gasteiger partial charge in [-0.3, -0.25) is 9.59 Å². The van der Waals surface area contributed by atoms with E-state index in [-0.39, 0.29) is 31.0 Å². The van der Waals surface area contributed by atoms with Crippen LogP contribution in [0.15, 0.2) is 24.3 Å². The molecule has 0 saturated heterocycles. The lowest BCUT2D eigenvalue weighted by Crippen LogP contribution is -2.28. The highest BCUT2D eigenvalue weighted by atomic mass is 35.5. The Hall–Kier alpha value is -1.79. The molecule has 0 aromatic heterocycles. The van der Waals surface area contributed by atoms with Crippen molar-refractivity contribution in [3.05, 3.63) is 29.8 Å². The van der Waals surface area contributed by atoms with E-state index in [1.165, 1.54) is 0 Å². The van der Waals surface area contributed by atoms with Crippen molar-refractivity contribution in [3.8, 4) is 5.75 Å². The maximum absolute atomic E-state index is 11.7. The van der Waals surface area contributed by atoms with Gasteiger partial charge in [-0.15, -0.1) is 12.4 Å². The predicted molar refractivity (Wildman–Crippen MR) is 79.0 cm³/mol. The van der Waals surface area contributed by atoms with Crippen LogP contribution in [-0.2, 0) is 4.79 Å². The van der Waals surface area contributed by atoms with Crippen LogP contribution in [-0.4, -0.2) is 31.0 Å². The summed E-state index contributed by atoms with van der Waals surface area (Å²) in [4.78, 5) is 22.3. The highest BCUT2D eigenvalue weighted by Crippen LogP contribution is 2.11. The molecule has 0 fully saturated rings. The van der Waals surface area contributed by atoms with Gasteiger partial charge in [0.2, 0.25) is 0 Å². The Kier molecular flexibility index (Phi) is 8.35. The van der Waals surface area contributed by atoms with Crippen LogP contribution >= 0.6 is 12.4 Å². The number of benzene rings is 1. The molecule has 0 aliphatic carbocycles. The maximum Gasteiger partial charge on any atom is 0.255 e. The second kappa shape index (κ2) is 9.17. The van der Waals surface area contributed by atoms with Crippen LogP contribution in [0.3, 0.4) is 0 Å². The summed E-state index contributed by atoms with van der Waals surface area (Å²) in [6.07, 6.45) is 0.728. The normalized spacial score (nSPS) is 11.1. The van der Waals surface area contributed by atoms with Crippen molar-refractivity contribution in [1.29, 1.82) is 0 Å². The average Bonchev–Trinajstić information content (AvgIpc) is 2.36. The molecule has 1 rings (SSSR count). The van der Waals surface area contributed by atoms with Crippen LogP contribution < -0.4 is 21.5 Å². The van der Waals surface area contributed by atoms with Gasteiger partial charge >= 0.3 is 0 Å². The number of primary amides is 1. The number of halogens is 1. The molecule has 0 aliphatic rings. The molecule has 20 heavy (non-hydrogen) atoms. The predicted octanol–water partition coefficient (Wildman–Crippen LogP) is 0.440. The average molecular weight is 302 g/mol. The minimum atomic E-state index is -0.544. The summed E-state index contributed by atoms with van der Waals surface area (Å²) in [7, 11) is 0. The Morgan fingerprint density at radius 2 is 1.90 bits per heavy atom. The van der Waals surface area contributed by atoms with E-state index in [1.807, 2.05) is 6.92 Å². The number of carbonyl (C=O) groups is 2. The molecule has 7 heteroatoms. The Labute approximate surface area is 124 Å². The first-order valence-electron chi connectivity index (χ1n) is 6.04. The summed E-state index contributed by atoms with van der Waals surface area (Å²) < 4.78 is 5.09. The van der Waals surface area contributed by atoms with Crippen LogP contribution in [0.2, 0.25) is 0 Å². The van der Waals surface area contributed by atoms with Gasteiger partial charge in [-0.1, -0.05) is 0 Å². The van der Waals surface area contributed by atoms with Crippen molar-refractivity contribution >= 4 is 24.2 Å². The Balaban J connectivity index is 0.00000361. The fourth-order valence-electron chi connectivity index (χ4n) is 1.37. The van der Waals surface area contributed by atoms with E-state index in [4.69, 9.17) is 16.2 Å². The molecule has 1 atom stereocenters. The van der Waals surface area contributed by atoms with E-state index < -0.39 is 5.91 Å². The Morgan fingerprint density at radius 3 is 2.40 bits per heavy atom. The molecule has 1 aromatic carbocycles. The molecule has 5 N–H and O–H groups in total. The van der Waals surface area contributed by atoms with E-state index in [0.29, 0.717) is 17.9 Å². The van der Waals surface area contributed by atoms with Gasteiger partial charge in [-0.2, -0.15) is 0 Å². The zero-order valence-electron chi connectivity index (χ0n) is 11.3. The second-order valence-corrected chi connectivity index (χ2v) is 4.30. The van der Waals surface area contributed by atoms with Gasteiger partial charge < -0.3 is 21.5 Å². The molecular formula is C13H20ClN3O3. The van der Waals surface area contributed by atoms with E-state index >= 15 is 0 Å². The van der Waals surface area contributed by atoms with Gasteiger partial charge in [0.25, 0.3) is 11.8 Å². The zero-order chi connectivity index (χ0) is 14.3. The van der Waals surface area contributed by atoms with Crippen LogP contribution in [0, 0.1) is 0 Å². The van der Waals surface area contributed by atoms with Gasteiger partial charge in [0, 0.05) is 18.2 Å². The highest BCUT2D eigenvalue weighted by Gasteiger charge is 2.06. The monoisotopic (exact) mass is 301 g/mol. The Bertz CT molecular complexity index is 435. The summed E-state index contributed by atoms with van der Waals surface area (Å²) in [6, 6.07) is 6.53. The maximum atomic E-state index is 11.7. The Morgan fingerprint density at radius 1 is 1.30 bits per heavy atom. The fourth-order valence-corrected chi connectivity index (χ4v) is 1.37. The number of nitrogens with one attached hydrogen (secondary N) is 1. The number of rotatable bonds is 7. The fraction of sp³-hybridized carbons (Fsp3) is 0.385. The molecule has 0 saturated carbocycles. The van der Waals surface area contributed by atoms with Gasteiger partial charge in [-0.05, 0) is 37.6 Å². The van der Waals surface area contributed by atoms with E-state index in [2.05, 4.69) is 5.32 Å². The van der Waals surface area contributed by atoms with Crippen molar-refractivity contribution in [2.45, 2.75) is 19.4 Å². The zero-order valence-corrected chi connectivity index (χ0v) is 12.1. The lowest BCUT2D eigenvalue weighted by molar-refractivity contribution is -0.119. The summed E-state index contributed by atoms with van der Waals surface area (Å²) in [6.45, 7) is 2.24. The van der Waals surface area contributed by atoms with Crippen molar-refractivity contribution in [2.75, 3.05) is 13.2 Å².